The van der Waals surface area contributed by atoms with Gasteiger partial charge in [0.1, 0.15) is 15.8 Å². The van der Waals surface area contributed by atoms with E-state index in [2.05, 4.69) is 10.6 Å². The van der Waals surface area contributed by atoms with E-state index in [-0.39, 0.29) is 15.8 Å². The fourth-order valence-corrected chi connectivity index (χ4v) is 4.02. The number of ether oxygens (including phenoxy) is 2. The average molecular weight is 451 g/mol. The number of rotatable bonds is 6. The maximum absolute atomic E-state index is 12.6. The summed E-state index contributed by atoms with van der Waals surface area (Å²) in [5.41, 5.74) is 1.50. The average Bonchev–Trinajstić information content (AvgIpc) is 3.07. The molecule has 0 saturated carbocycles. The van der Waals surface area contributed by atoms with Gasteiger partial charge in [0.25, 0.3) is 11.8 Å². The number of carbonyl (C=O) groups excluding carboxylic acids is 2. The molecule has 0 aliphatic rings. The SMILES string of the molecule is COc1cc(NC(=O)c2cc(Cl)sc2Cl)c(OC)cc1NC(=O)c1ccccc1. The maximum atomic E-state index is 12.6. The molecule has 3 rings (SSSR count). The van der Waals surface area contributed by atoms with Crippen LogP contribution in [0, 0.1) is 0 Å². The van der Waals surface area contributed by atoms with Crippen molar-refractivity contribution >= 4 is 57.7 Å². The maximum Gasteiger partial charge on any atom is 0.258 e. The van der Waals surface area contributed by atoms with Crippen LogP contribution in [-0.2, 0) is 0 Å². The van der Waals surface area contributed by atoms with Gasteiger partial charge in [0, 0.05) is 17.7 Å². The van der Waals surface area contributed by atoms with Gasteiger partial charge in [0.05, 0.1) is 35.5 Å². The van der Waals surface area contributed by atoms with Crippen LogP contribution in [0.15, 0.2) is 48.5 Å². The smallest absolute Gasteiger partial charge is 0.258 e. The first-order valence-electron chi connectivity index (χ1n) is 8.31. The fraction of sp³-hybridized carbons (Fsp3) is 0.100. The summed E-state index contributed by atoms with van der Waals surface area (Å²) < 4.78 is 11.4. The van der Waals surface area contributed by atoms with Gasteiger partial charge in [0.15, 0.2) is 0 Å². The van der Waals surface area contributed by atoms with Gasteiger partial charge in [-0.3, -0.25) is 9.59 Å². The van der Waals surface area contributed by atoms with Crippen molar-refractivity contribution < 1.29 is 19.1 Å². The van der Waals surface area contributed by atoms with E-state index in [1.165, 1.54) is 20.3 Å². The summed E-state index contributed by atoms with van der Waals surface area (Å²) in [7, 11) is 2.91. The molecule has 0 spiro atoms. The molecule has 1 aromatic heterocycles. The summed E-state index contributed by atoms with van der Waals surface area (Å²) in [4.78, 5) is 25.0. The Balaban J connectivity index is 1.89. The Morgan fingerprint density at radius 1 is 0.862 bits per heavy atom. The van der Waals surface area contributed by atoms with Gasteiger partial charge in [-0.05, 0) is 18.2 Å². The third-order valence-electron chi connectivity index (χ3n) is 3.96. The van der Waals surface area contributed by atoms with E-state index in [0.29, 0.717) is 32.8 Å². The zero-order valence-corrected chi connectivity index (χ0v) is 17.7. The Labute approximate surface area is 181 Å². The van der Waals surface area contributed by atoms with E-state index in [1.807, 2.05) is 6.07 Å². The first-order chi connectivity index (χ1) is 13.9. The zero-order valence-electron chi connectivity index (χ0n) is 15.4. The minimum Gasteiger partial charge on any atom is -0.494 e. The van der Waals surface area contributed by atoms with Gasteiger partial charge in [-0.1, -0.05) is 41.4 Å². The molecular formula is C20H16Cl2N2O4S. The van der Waals surface area contributed by atoms with Crippen LogP contribution in [0.5, 0.6) is 11.5 Å². The number of halogens is 2. The molecular weight excluding hydrogens is 435 g/mol. The van der Waals surface area contributed by atoms with Crippen LogP contribution in [0.1, 0.15) is 20.7 Å². The minimum atomic E-state index is -0.445. The summed E-state index contributed by atoms with van der Waals surface area (Å²) in [6.07, 6.45) is 0. The van der Waals surface area contributed by atoms with Crippen molar-refractivity contribution in [2.75, 3.05) is 24.9 Å². The van der Waals surface area contributed by atoms with Crippen LogP contribution in [-0.4, -0.2) is 26.0 Å². The number of hydrogen-bond donors (Lipinski definition) is 2. The molecule has 9 heteroatoms. The first kappa shape index (κ1) is 21.0. The van der Waals surface area contributed by atoms with Crippen molar-refractivity contribution in [2.45, 2.75) is 0 Å². The number of hydrogen-bond acceptors (Lipinski definition) is 5. The summed E-state index contributed by atoms with van der Waals surface area (Å²) in [5.74, 6) is -0.0678. The van der Waals surface area contributed by atoms with E-state index in [9.17, 15) is 9.59 Å². The zero-order chi connectivity index (χ0) is 21.0. The predicted octanol–water partition coefficient (Wildman–Crippen LogP) is 5.58. The molecule has 0 aliphatic carbocycles. The number of anilines is 2. The Bertz CT molecular complexity index is 1050. The summed E-state index contributed by atoms with van der Waals surface area (Å²) >= 11 is 13.1. The molecule has 0 fully saturated rings. The molecule has 0 unspecified atom stereocenters. The standard InChI is InChI=1S/C20H16Cl2N2O4S/c1-27-15-10-14(24-20(26)12-8-17(21)29-18(12)22)16(28-2)9-13(15)23-19(25)11-6-4-3-5-7-11/h3-10H,1-2H3,(H,23,25)(H,24,26). The highest BCUT2D eigenvalue weighted by Gasteiger charge is 2.19. The Kier molecular flexibility index (Phi) is 6.64. The molecule has 150 valence electrons. The number of carbonyl (C=O) groups is 2. The molecule has 6 nitrogen and oxygen atoms in total. The third-order valence-corrected chi connectivity index (χ3v) is 5.44. The quantitative estimate of drug-likeness (QED) is 0.513. The second-order valence-corrected chi connectivity index (χ2v) is 8.05. The van der Waals surface area contributed by atoms with Gasteiger partial charge >= 0.3 is 0 Å². The molecule has 0 bridgehead atoms. The van der Waals surface area contributed by atoms with Crippen LogP contribution in [0.25, 0.3) is 0 Å². The molecule has 0 aliphatic heterocycles. The number of methoxy groups -OCH3 is 2. The lowest BCUT2D eigenvalue weighted by Crippen LogP contribution is -2.15. The Hall–Kier alpha value is -2.74. The van der Waals surface area contributed by atoms with Gasteiger partial charge < -0.3 is 20.1 Å². The largest absolute Gasteiger partial charge is 0.494 e. The highest BCUT2D eigenvalue weighted by atomic mass is 35.5. The number of benzene rings is 2. The predicted molar refractivity (Wildman–Crippen MR) is 116 cm³/mol. The van der Waals surface area contributed by atoms with Crippen LogP contribution in [0.3, 0.4) is 0 Å². The summed E-state index contributed by atoms with van der Waals surface area (Å²) in [6, 6.07) is 13.4. The normalized spacial score (nSPS) is 10.3. The van der Waals surface area contributed by atoms with Crippen molar-refractivity contribution in [1.29, 1.82) is 0 Å². The topological polar surface area (TPSA) is 76.7 Å². The molecule has 0 radical (unpaired) electrons. The molecule has 2 N–H and O–H groups in total. The molecule has 2 amide bonds. The lowest BCUT2D eigenvalue weighted by Gasteiger charge is -2.16. The van der Waals surface area contributed by atoms with Crippen molar-refractivity contribution in [3.8, 4) is 11.5 Å². The third kappa shape index (κ3) is 4.82. The van der Waals surface area contributed by atoms with Gasteiger partial charge in [-0.2, -0.15) is 0 Å². The molecule has 2 aromatic carbocycles. The minimum absolute atomic E-state index is 0.254. The second-order valence-electron chi connectivity index (χ2n) is 5.76. The monoisotopic (exact) mass is 450 g/mol. The van der Waals surface area contributed by atoms with E-state index in [0.717, 1.165) is 11.3 Å². The van der Waals surface area contributed by atoms with Crippen LogP contribution >= 0.6 is 34.5 Å². The molecule has 0 saturated heterocycles. The fourth-order valence-electron chi connectivity index (χ4n) is 2.56. The van der Waals surface area contributed by atoms with E-state index >= 15 is 0 Å². The van der Waals surface area contributed by atoms with Crippen molar-refractivity contribution in [2.24, 2.45) is 0 Å². The molecule has 29 heavy (non-hydrogen) atoms. The van der Waals surface area contributed by atoms with Crippen LogP contribution < -0.4 is 20.1 Å². The number of amides is 2. The Morgan fingerprint density at radius 3 is 1.90 bits per heavy atom. The highest BCUT2D eigenvalue weighted by Crippen LogP contribution is 2.38. The lowest BCUT2D eigenvalue weighted by atomic mass is 10.2. The lowest BCUT2D eigenvalue weighted by molar-refractivity contribution is 0.101. The number of nitrogens with one attached hydrogen (secondary N) is 2. The molecule has 0 atom stereocenters. The van der Waals surface area contributed by atoms with Crippen molar-refractivity contribution in [3.63, 3.8) is 0 Å². The van der Waals surface area contributed by atoms with Crippen LogP contribution in [0.2, 0.25) is 8.67 Å². The summed E-state index contributed by atoms with van der Waals surface area (Å²) in [6.45, 7) is 0. The first-order valence-corrected chi connectivity index (χ1v) is 9.88. The van der Waals surface area contributed by atoms with Gasteiger partial charge in [0.2, 0.25) is 0 Å². The van der Waals surface area contributed by atoms with Crippen molar-refractivity contribution in [1.82, 2.24) is 0 Å². The Morgan fingerprint density at radius 2 is 1.41 bits per heavy atom. The highest BCUT2D eigenvalue weighted by molar-refractivity contribution is 7.20. The summed E-state index contributed by atoms with van der Waals surface area (Å²) in [5, 5.41) is 5.51. The van der Waals surface area contributed by atoms with Crippen LogP contribution in [0.4, 0.5) is 11.4 Å². The van der Waals surface area contributed by atoms with E-state index in [1.54, 1.807) is 36.4 Å². The molecule has 3 aromatic rings. The number of thiophene rings is 1. The van der Waals surface area contributed by atoms with Crippen molar-refractivity contribution in [3.05, 3.63) is 68.3 Å². The van der Waals surface area contributed by atoms with Gasteiger partial charge in [-0.25, -0.2) is 0 Å². The molecule has 1 heterocycles. The van der Waals surface area contributed by atoms with E-state index in [4.69, 9.17) is 32.7 Å². The second kappa shape index (κ2) is 9.17. The van der Waals surface area contributed by atoms with E-state index < -0.39 is 5.91 Å². The van der Waals surface area contributed by atoms with Gasteiger partial charge in [-0.15, -0.1) is 11.3 Å².